The Kier molecular flexibility index (Phi) is 7.19. The number of aromatic nitrogens is 3. The van der Waals surface area contributed by atoms with Crippen molar-refractivity contribution < 1.29 is 14.8 Å². The van der Waals surface area contributed by atoms with Gasteiger partial charge in [0.2, 0.25) is 5.91 Å². The van der Waals surface area contributed by atoms with Gasteiger partial charge in [-0.15, -0.1) is 10.2 Å². The van der Waals surface area contributed by atoms with E-state index in [4.69, 9.17) is 0 Å². The van der Waals surface area contributed by atoms with Gasteiger partial charge in [0.05, 0.1) is 10.7 Å². The lowest BCUT2D eigenvalue weighted by atomic mass is 10.1. The Morgan fingerprint density at radius 3 is 2.44 bits per heavy atom. The summed E-state index contributed by atoms with van der Waals surface area (Å²) in [6.07, 6.45) is 1.10. The predicted molar refractivity (Wildman–Crippen MR) is 129 cm³/mol. The number of hydrogen-bond acceptors (Lipinski definition) is 7. The summed E-state index contributed by atoms with van der Waals surface area (Å²) < 4.78 is 1.88. The lowest BCUT2D eigenvalue weighted by molar-refractivity contribution is -0.383. The normalized spacial score (nSPS) is 10.7. The van der Waals surface area contributed by atoms with E-state index >= 15 is 0 Å². The number of phenolic OH excluding ortho intramolecular Hbond substituents is 1. The van der Waals surface area contributed by atoms with Crippen LogP contribution in [-0.4, -0.2) is 36.5 Å². The van der Waals surface area contributed by atoms with E-state index in [9.17, 15) is 20.0 Å². The third-order valence-electron chi connectivity index (χ3n) is 5.03. The van der Waals surface area contributed by atoms with E-state index in [1.807, 2.05) is 47.0 Å². The van der Waals surface area contributed by atoms with E-state index in [0.717, 1.165) is 11.3 Å². The molecule has 0 aliphatic heterocycles. The number of para-hydroxylation sites is 4. The molecule has 0 atom stereocenters. The molecular formula is C24H21N5O4S. The Labute approximate surface area is 199 Å². The smallest absolute Gasteiger partial charge is 0.292 e. The number of aryl methyl sites for hydroxylation is 2. The molecule has 0 saturated carbocycles. The summed E-state index contributed by atoms with van der Waals surface area (Å²) in [4.78, 5) is 23.2. The fourth-order valence-corrected chi connectivity index (χ4v) is 4.19. The molecule has 1 aromatic heterocycles. The highest BCUT2D eigenvalue weighted by molar-refractivity contribution is 7.99. The van der Waals surface area contributed by atoms with Gasteiger partial charge in [-0.3, -0.25) is 19.5 Å². The van der Waals surface area contributed by atoms with Crippen LogP contribution in [0.4, 0.5) is 11.4 Å². The number of benzene rings is 3. The van der Waals surface area contributed by atoms with E-state index in [2.05, 4.69) is 15.5 Å². The predicted octanol–water partition coefficient (Wildman–Crippen LogP) is 4.40. The first-order valence-corrected chi connectivity index (χ1v) is 11.4. The minimum atomic E-state index is -0.536. The van der Waals surface area contributed by atoms with Crippen LogP contribution in [0.25, 0.3) is 5.69 Å². The van der Waals surface area contributed by atoms with Crippen LogP contribution < -0.4 is 5.32 Å². The van der Waals surface area contributed by atoms with Gasteiger partial charge in [0, 0.05) is 18.2 Å². The van der Waals surface area contributed by atoms with E-state index in [1.54, 1.807) is 24.3 Å². The Bertz CT molecular complexity index is 1310. The molecule has 4 aromatic rings. The van der Waals surface area contributed by atoms with E-state index < -0.39 is 10.8 Å². The highest BCUT2D eigenvalue weighted by Crippen LogP contribution is 2.26. The SMILES string of the molecule is O=C(CSc1nnc(CCc2ccccc2O)n1-c1ccccc1)Nc1ccccc1[N+](=O)[O-]. The van der Waals surface area contributed by atoms with Gasteiger partial charge in [-0.2, -0.15) is 0 Å². The highest BCUT2D eigenvalue weighted by atomic mass is 32.2. The van der Waals surface area contributed by atoms with E-state index in [-0.39, 0.29) is 22.9 Å². The molecule has 0 saturated heterocycles. The number of carbonyl (C=O) groups excluding carboxylic acids is 1. The van der Waals surface area contributed by atoms with Gasteiger partial charge in [0.25, 0.3) is 5.69 Å². The molecule has 34 heavy (non-hydrogen) atoms. The van der Waals surface area contributed by atoms with Gasteiger partial charge in [-0.25, -0.2) is 0 Å². The van der Waals surface area contributed by atoms with Gasteiger partial charge in [-0.05, 0) is 36.2 Å². The average Bonchev–Trinajstić information content (AvgIpc) is 3.26. The quantitative estimate of drug-likeness (QED) is 0.209. The maximum absolute atomic E-state index is 12.5. The van der Waals surface area contributed by atoms with Crippen molar-refractivity contribution in [3.63, 3.8) is 0 Å². The van der Waals surface area contributed by atoms with Gasteiger partial charge >= 0.3 is 0 Å². The number of amides is 1. The van der Waals surface area contributed by atoms with Crippen molar-refractivity contribution in [2.45, 2.75) is 18.0 Å². The van der Waals surface area contributed by atoms with E-state index in [1.165, 1.54) is 23.9 Å². The second-order valence-corrected chi connectivity index (χ2v) is 8.25. The van der Waals surface area contributed by atoms with Crippen LogP contribution in [0.1, 0.15) is 11.4 Å². The topological polar surface area (TPSA) is 123 Å². The van der Waals surface area contributed by atoms with Crippen LogP contribution in [0.5, 0.6) is 5.75 Å². The summed E-state index contributed by atoms with van der Waals surface area (Å²) in [5.74, 6) is 0.527. The number of rotatable bonds is 9. The van der Waals surface area contributed by atoms with Crippen LogP contribution in [-0.2, 0) is 17.6 Å². The first-order valence-electron chi connectivity index (χ1n) is 10.5. The van der Waals surface area contributed by atoms with Crippen molar-refractivity contribution in [1.29, 1.82) is 0 Å². The van der Waals surface area contributed by atoms with Gasteiger partial charge in [0.15, 0.2) is 5.16 Å². The molecule has 0 aliphatic rings. The maximum atomic E-state index is 12.5. The van der Waals surface area contributed by atoms with Gasteiger partial charge in [-0.1, -0.05) is 60.3 Å². The molecular weight excluding hydrogens is 454 g/mol. The second kappa shape index (κ2) is 10.6. The standard InChI is InChI=1S/C24H21N5O4S/c30-21-13-7-4-8-17(21)14-15-22-26-27-24(28(22)18-9-2-1-3-10-18)34-16-23(31)25-19-11-5-6-12-20(19)29(32)33/h1-13,30H,14-16H2,(H,25,31). The molecule has 1 amide bonds. The number of carbonyl (C=O) groups is 1. The number of aromatic hydroxyl groups is 1. The van der Waals surface area contributed by atoms with Crippen LogP contribution in [0.3, 0.4) is 0 Å². The van der Waals surface area contributed by atoms with Crippen molar-refractivity contribution in [3.8, 4) is 11.4 Å². The Balaban J connectivity index is 1.51. The van der Waals surface area contributed by atoms with Crippen molar-refractivity contribution >= 4 is 29.0 Å². The van der Waals surface area contributed by atoms with E-state index in [0.29, 0.717) is 23.8 Å². The van der Waals surface area contributed by atoms with Crippen LogP contribution in [0, 0.1) is 10.1 Å². The molecule has 172 valence electrons. The highest BCUT2D eigenvalue weighted by Gasteiger charge is 2.18. The minimum Gasteiger partial charge on any atom is -0.508 e. The van der Waals surface area contributed by atoms with Crippen molar-refractivity contribution in [3.05, 3.63) is 100 Å². The number of nitro groups is 1. The number of phenols is 1. The molecule has 1 heterocycles. The molecule has 0 unspecified atom stereocenters. The monoisotopic (exact) mass is 475 g/mol. The molecule has 0 aliphatic carbocycles. The van der Waals surface area contributed by atoms with Gasteiger partial charge in [0.1, 0.15) is 17.3 Å². The summed E-state index contributed by atoms with van der Waals surface area (Å²) in [6.45, 7) is 0. The fourth-order valence-electron chi connectivity index (χ4n) is 3.42. The first kappa shape index (κ1) is 23.0. The average molecular weight is 476 g/mol. The summed E-state index contributed by atoms with van der Waals surface area (Å²) >= 11 is 1.19. The molecule has 3 aromatic carbocycles. The number of anilines is 1. The molecule has 9 nitrogen and oxygen atoms in total. The number of hydrogen-bond donors (Lipinski definition) is 2. The number of nitrogens with one attached hydrogen (secondary N) is 1. The lowest BCUT2D eigenvalue weighted by Gasteiger charge is -2.11. The molecule has 4 rings (SSSR count). The second-order valence-electron chi connectivity index (χ2n) is 7.31. The van der Waals surface area contributed by atoms with Crippen molar-refractivity contribution in [1.82, 2.24) is 14.8 Å². The molecule has 10 heteroatoms. The van der Waals surface area contributed by atoms with Crippen LogP contribution >= 0.6 is 11.8 Å². The van der Waals surface area contributed by atoms with Crippen LogP contribution in [0.2, 0.25) is 0 Å². The zero-order chi connectivity index (χ0) is 23.9. The summed E-state index contributed by atoms with van der Waals surface area (Å²) in [6, 6.07) is 22.7. The molecule has 0 fully saturated rings. The molecule has 0 radical (unpaired) electrons. The fraction of sp³-hybridized carbons (Fsp3) is 0.125. The zero-order valence-electron chi connectivity index (χ0n) is 18.0. The number of nitro benzene ring substituents is 1. The Morgan fingerprint density at radius 1 is 0.971 bits per heavy atom. The summed E-state index contributed by atoms with van der Waals surface area (Å²) in [5, 5.41) is 33.0. The van der Waals surface area contributed by atoms with Crippen molar-refractivity contribution in [2.75, 3.05) is 11.1 Å². The van der Waals surface area contributed by atoms with Crippen LogP contribution in [0.15, 0.2) is 84.0 Å². The Morgan fingerprint density at radius 2 is 1.68 bits per heavy atom. The third kappa shape index (κ3) is 5.41. The molecule has 0 spiro atoms. The Hall–Kier alpha value is -4.18. The maximum Gasteiger partial charge on any atom is 0.292 e. The van der Waals surface area contributed by atoms with Gasteiger partial charge < -0.3 is 10.4 Å². The number of nitrogens with zero attached hydrogens (tertiary/aromatic N) is 4. The lowest BCUT2D eigenvalue weighted by Crippen LogP contribution is -2.15. The molecule has 2 N–H and O–H groups in total. The summed E-state index contributed by atoms with van der Waals surface area (Å²) in [5.41, 5.74) is 1.63. The number of thioether (sulfide) groups is 1. The largest absolute Gasteiger partial charge is 0.508 e. The minimum absolute atomic E-state index is 0.00348. The van der Waals surface area contributed by atoms with Crippen molar-refractivity contribution in [2.24, 2.45) is 0 Å². The third-order valence-corrected chi connectivity index (χ3v) is 5.96. The summed E-state index contributed by atoms with van der Waals surface area (Å²) in [7, 11) is 0. The molecule has 0 bridgehead atoms. The first-order chi connectivity index (χ1) is 16.5. The zero-order valence-corrected chi connectivity index (χ0v) is 18.8.